The van der Waals surface area contributed by atoms with Gasteiger partial charge in [0.25, 0.3) is 5.91 Å². The summed E-state index contributed by atoms with van der Waals surface area (Å²) in [6, 6.07) is -3.32. The van der Waals surface area contributed by atoms with Gasteiger partial charge in [-0.2, -0.15) is 0 Å². The topological polar surface area (TPSA) is 174 Å². The van der Waals surface area contributed by atoms with Crippen molar-refractivity contribution in [2.45, 2.75) is 159 Å². The molecule has 4 N–H and O–H groups in total. The molecule has 1 aliphatic carbocycles. The van der Waals surface area contributed by atoms with Crippen LogP contribution >= 0.6 is 0 Å². The molecule has 50 heavy (non-hydrogen) atoms. The second kappa shape index (κ2) is 18.1. The minimum atomic E-state index is -3.59. The van der Waals surface area contributed by atoms with Gasteiger partial charge in [0.1, 0.15) is 12.1 Å². The molecule has 4 rings (SSSR count). The number of hydrogen-bond acceptors (Lipinski definition) is 7. The first-order chi connectivity index (χ1) is 23.9. The first kappa shape index (κ1) is 40.0. The summed E-state index contributed by atoms with van der Waals surface area (Å²) in [7, 11) is -3.59. The maximum absolute atomic E-state index is 14.4. The number of fused-ring (bicyclic) bond motifs is 1. The largest absolute Gasteiger partial charge is 0.349 e. The van der Waals surface area contributed by atoms with Gasteiger partial charge in [0.2, 0.25) is 27.6 Å². The summed E-state index contributed by atoms with van der Waals surface area (Å²) >= 11 is 0. The van der Waals surface area contributed by atoms with Gasteiger partial charge in [-0.3, -0.25) is 19.2 Å². The Labute approximate surface area is 299 Å². The molecule has 1 saturated carbocycles. The number of amides is 5. The SMILES string of the molecule is CCCNC(=O)C(=O)[C@@H]1CCCCCCCC[C@H](NC(=O)NC2([C@@H]3CCN(CC)S3(=O)=O)CCCCC2)C(=O)N2CC[C@H](C(C)C)[C@H]2C(=O)N1. The van der Waals surface area contributed by atoms with Crippen molar-refractivity contribution in [1.82, 2.24) is 30.5 Å². The van der Waals surface area contributed by atoms with Gasteiger partial charge in [0.05, 0.1) is 16.8 Å². The number of hydrogen-bond donors (Lipinski definition) is 4. The van der Waals surface area contributed by atoms with E-state index in [1.54, 1.807) is 4.90 Å². The molecular weight excluding hydrogens is 660 g/mol. The minimum Gasteiger partial charge on any atom is -0.349 e. The summed E-state index contributed by atoms with van der Waals surface area (Å²) in [5.41, 5.74) is -0.919. The molecule has 13 nitrogen and oxygen atoms in total. The summed E-state index contributed by atoms with van der Waals surface area (Å²) in [4.78, 5) is 69.9. The van der Waals surface area contributed by atoms with Crippen molar-refractivity contribution in [3.05, 3.63) is 0 Å². The summed E-state index contributed by atoms with van der Waals surface area (Å²) < 4.78 is 28.6. The highest BCUT2D eigenvalue weighted by molar-refractivity contribution is 7.90. The molecule has 14 heteroatoms. The van der Waals surface area contributed by atoms with Gasteiger partial charge in [0.15, 0.2) is 0 Å². The Morgan fingerprint density at radius 1 is 0.880 bits per heavy atom. The number of carbonyl (C=O) groups excluding carboxylic acids is 5. The van der Waals surface area contributed by atoms with Crippen LogP contribution < -0.4 is 21.3 Å². The third-order valence-corrected chi connectivity index (χ3v) is 14.1. The number of rotatable bonds is 9. The molecule has 0 bridgehead atoms. The Hall–Kier alpha value is -2.74. The molecule has 0 spiro atoms. The zero-order chi connectivity index (χ0) is 36.5. The minimum absolute atomic E-state index is 0.0598. The first-order valence-electron chi connectivity index (χ1n) is 19.4. The van der Waals surface area contributed by atoms with Gasteiger partial charge in [-0.15, -0.1) is 0 Å². The Morgan fingerprint density at radius 2 is 1.52 bits per heavy atom. The van der Waals surface area contributed by atoms with E-state index >= 15 is 0 Å². The van der Waals surface area contributed by atoms with Crippen molar-refractivity contribution in [3.8, 4) is 0 Å². The Balaban J connectivity index is 1.58. The molecule has 3 aliphatic heterocycles. The predicted octanol–water partition coefficient (Wildman–Crippen LogP) is 3.37. The number of nitrogens with zero attached hydrogens (tertiary/aromatic N) is 2. The van der Waals surface area contributed by atoms with Gasteiger partial charge >= 0.3 is 6.03 Å². The average molecular weight is 723 g/mol. The fourth-order valence-electron chi connectivity index (χ4n) is 8.72. The van der Waals surface area contributed by atoms with E-state index in [-0.39, 0.29) is 17.7 Å². The van der Waals surface area contributed by atoms with E-state index in [1.165, 1.54) is 4.31 Å². The van der Waals surface area contributed by atoms with Crippen LogP contribution in [0.1, 0.15) is 130 Å². The van der Waals surface area contributed by atoms with E-state index in [2.05, 4.69) is 21.3 Å². The van der Waals surface area contributed by atoms with Crippen molar-refractivity contribution in [3.63, 3.8) is 0 Å². The number of sulfonamides is 1. The van der Waals surface area contributed by atoms with Gasteiger partial charge in [-0.25, -0.2) is 17.5 Å². The predicted molar refractivity (Wildman–Crippen MR) is 191 cm³/mol. The average Bonchev–Trinajstić information content (AvgIpc) is 3.67. The van der Waals surface area contributed by atoms with Crippen molar-refractivity contribution >= 4 is 39.6 Å². The molecule has 0 aromatic heterocycles. The monoisotopic (exact) mass is 722 g/mol. The zero-order valence-corrected chi connectivity index (χ0v) is 31.6. The van der Waals surface area contributed by atoms with E-state index in [0.717, 1.165) is 44.9 Å². The summed E-state index contributed by atoms with van der Waals surface area (Å²) in [6.45, 7) is 9.24. The molecule has 0 aromatic rings. The zero-order valence-electron chi connectivity index (χ0n) is 30.8. The third-order valence-electron chi connectivity index (χ3n) is 11.5. The van der Waals surface area contributed by atoms with Gasteiger partial charge in [0, 0.05) is 26.2 Å². The molecule has 0 aromatic carbocycles. The van der Waals surface area contributed by atoms with E-state index in [4.69, 9.17) is 0 Å². The molecule has 4 aliphatic rings. The normalized spacial score (nSPS) is 29.7. The highest BCUT2D eigenvalue weighted by atomic mass is 32.2. The Morgan fingerprint density at radius 3 is 2.14 bits per heavy atom. The first-order valence-corrected chi connectivity index (χ1v) is 20.9. The molecule has 4 fully saturated rings. The van der Waals surface area contributed by atoms with Crippen molar-refractivity contribution in [1.29, 1.82) is 0 Å². The molecule has 0 radical (unpaired) electrons. The number of ketones is 1. The van der Waals surface area contributed by atoms with Crippen LogP contribution in [0.3, 0.4) is 0 Å². The van der Waals surface area contributed by atoms with Crippen LogP contribution in [0.4, 0.5) is 4.79 Å². The lowest BCUT2D eigenvalue weighted by molar-refractivity contribution is -0.143. The molecule has 284 valence electrons. The van der Waals surface area contributed by atoms with Crippen LogP contribution in [0.2, 0.25) is 0 Å². The van der Waals surface area contributed by atoms with Crippen LogP contribution in [0, 0.1) is 11.8 Å². The van der Waals surface area contributed by atoms with Crippen molar-refractivity contribution < 1.29 is 32.4 Å². The Bertz CT molecular complexity index is 1320. The quantitative estimate of drug-likeness (QED) is 0.264. The van der Waals surface area contributed by atoms with Gasteiger partial charge in [-0.1, -0.05) is 85.5 Å². The van der Waals surface area contributed by atoms with E-state index in [1.807, 2.05) is 27.7 Å². The summed E-state index contributed by atoms with van der Waals surface area (Å²) in [6.07, 6.45) is 11.0. The standard InChI is InChI=1S/C36H62N6O7S/c1-5-22-37-33(45)31(43)27-16-12-9-7-8-10-13-17-28(34(46)42-24-18-26(25(3)4)30(42)32(44)38-27)39-35(47)40-36(20-14-11-15-21-36)29-19-23-41(6-2)50(29,48)49/h25-30H,5-24H2,1-4H3,(H,37,45)(H,38,44)(H2,39,40,47)/t26-,27+,28+,29+,30+/m1/s1. The fraction of sp³-hybridized carbons (Fsp3) is 0.861. The molecule has 3 saturated heterocycles. The van der Waals surface area contributed by atoms with Crippen LogP contribution in [0.5, 0.6) is 0 Å². The second-order valence-electron chi connectivity index (χ2n) is 15.2. The van der Waals surface area contributed by atoms with Crippen LogP contribution in [0.15, 0.2) is 0 Å². The smallest absolute Gasteiger partial charge is 0.315 e. The Kier molecular flexibility index (Phi) is 14.5. The lowest BCUT2D eigenvalue weighted by Crippen LogP contribution is -2.63. The maximum Gasteiger partial charge on any atom is 0.315 e. The van der Waals surface area contributed by atoms with Gasteiger partial charge < -0.3 is 26.2 Å². The second-order valence-corrected chi connectivity index (χ2v) is 17.4. The molecule has 5 amide bonds. The summed E-state index contributed by atoms with van der Waals surface area (Å²) in [5.74, 6) is -2.31. The molecule has 5 atom stereocenters. The molecule has 0 unspecified atom stereocenters. The van der Waals surface area contributed by atoms with E-state index < -0.39 is 62.6 Å². The highest BCUT2D eigenvalue weighted by Crippen LogP contribution is 2.40. The third kappa shape index (κ3) is 9.37. The summed E-state index contributed by atoms with van der Waals surface area (Å²) in [5, 5.41) is 10.9. The van der Waals surface area contributed by atoms with Crippen LogP contribution in [0.25, 0.3) is 0 Å². The van der Waals surface area contributed by atoms with Crippen molar-refractivity contribution in [2.24, 2.45) is 11.8 Å². The van der Waals surface area contributed by atoms with Gasteiger partial charge in [-0.05, 0) is 56.8 Å². The molecule has 3 heterocycles. The van der Waals surface area contributed by atoms with E-state index in [0.29, 0.717) is 84.0 Å². The number of Topliss-reactive ketones (excluding diaryl/α,β-unsaturated/α-hetero) is 1. The van der Waals surface area contributed by atoms with Crippen molar-refractivity contribution in [2.75, 3.05) is 26.2 Å². The maximum atomic E-state index is 14.4. The number of carbonyl (C=O) groups is 5. The highest BCUT2D eigenvalue weighted by Gasteiger charge is 2.53. The van der Waals surface area contributed by atoms with E-state index in [9.17, 15) is 32.4 Å². The lowest BCUT2D eigenvalue weighted by Gasteiger charge is -2.42. The van der Waals surface area contributed by atoms with Crippen LogP contribution in [-0.4, -0.2) is 102 Å². The van der Waals surface area contributed by atoms with Crippen LogP contribution in [-0.2, 0) is 29.2 Å². The lowest BCUT2D eigenvalue weighted by atomic mass is 9.78. The fourth-order valence-corrected chi connectivity index (χ4v) is 11.1. The molecular formula is C36H62N6O7S. The number of urea groups is 1. The number of nitrogens with one attached hydrogen (secondary N) is 4.